The standard InChI is InChI=1S/C40H55N3O7/c1-40(18-10-5-11-19-40)31-24-35(44)50-34-22-26(34)12-6-4-7-14-30-36(48-27-16-20-42(2)21-17-27)29-13-8-9-15-32(29)41-37(30)49-28-23-33(39(46)47-3)43(25-28)38(31)45/h8-9,13,15,26-28,31,33-34H,4-7,10-12,14,16-25H2,1-3H3/t26-,28-,31-,33+,34-/m1/s1. The number of benzene rings is 1. The molecule has 50 heavy (non-hydrogen) atoms. The Kier molecular flexibility index (Phi) is 10.6. The Morgan fingerprint density at radius 2 is 1.72 bits per heavy atom. The second-order valence-corrected chi connectivity index (χ2v) is 16.0. The molecule has 0 N–H and O–H groups in total. The van der Waals surface area contributed by atoms with Crippen LogP contribution in [0.15, 0.2) is 24.3 Å². The van der Waals surface area contributed by atoms with Crippen molar-refractivity contribution >= 4 is 28.7 Å². The zero-order chi connectivity index (χ0) is 34.8. The van der Waals surface area contributed by atoms with Crippen LogP contribution in [-0.2, 0) is 30.3 Å². The van der Waals surface area contributed by atoms with E-state index in [9.17, 15) is 14.4 Å². The maximum atomic E-state index is 14.7. The molecule has 4 heterocycles. The first kappa shape index (κ1) is 35.0. The summed E-state index contributed by atoms with van der Waals surface area (Å²) >= 11 is 0. The monoisotopic (exact) mass is 689 g/mol. The van der Waals surface area contributed by atoms with E-state index >= 15 is 0 Å². The molecule has 0 radical (unpaired) electrons. The normalized spacial score (nSPS) is 29.9. The van der Waals surface area contributed by atoms with Crippen LogP contribution in [0.4, 0.5) is 0 Å². The molecular formula is C40H55N3O7. The van der Waals surface area contributed by atoms with Gasteiger partial charge in [0.25, 0.3) is 0 Å². The summed E-state index contributed by atoms with van der Waals surface area (Å²) in [5, 5.41) is 0.984. The van der Waals surface area contributed by atoms with Crippen LogP contribution in [0.1, 0.15) is 102 Å². The fraction of sp³-hybridized carbons (Fsp3) is 0.700. The van der Waals surface area contributed by atoms with Crippen LogP contribution in [0.2, 0.25) is 0 Å². The number of para-hydroxylation sites is 1. The maximum absolute atomic E-state index is 14.7. The molecule has 5 aliphatic rings. The average Bonchev–Trinajstić information content (AvgIpc) is 3.71. The van der Waals surface area contributed by atoms with Crippen molar-refractivity contribution in [2.24, 2.45) is 17.3 Å². The van der Waals surface area contributed by atoms with Gasteiger partial charge in [-0.3, -0.25) is 9.59 Å². The fourth-order valence-corrected chi connectivity index (χ4v) is 9.04. The molecule has 0 spiro atoms. The summed E-state index contributed by atoms with van der Waals surface area (Å²) in [5.41, 5.74) is 1.41. The van der Waals surface area contributed by atoms with E-state index in [0.29, 0.717) is 11.8 Å². The third-order valence-electron chi connectivity index (χ3n) is 12.3. The SMILES string of the molecule is COC(=O)[C@@H]1C[C@@H]2CN1C(=O)[C@H](C1(C)CCCCC1)CC(=O)O[C@@H]1C[C@H]1CCCCCc1c(nc3ccccc3c1OC1CCN(C)CC1)O2. The topological polar surface area (TPSA) is 108 Å². The molecule has 1 aromatic heterocycles. The van der Waals surface area contributed by atoms with Crippen molar-refractivity contribution < 1.29 is 33.3 Å². The van der Waals surface area contributed by atoms with Gasteiger partial charge in [0, 0.05) is 24.9 Å². The third-order valence-corrected chi connectivity index (χ3v) is 12.3. The Labute approximate surface area is 296 Å². The maximum Gasteiger partial charge on any atom is 0.328 e. The molecule has 10 heteroatoms. The van der Waals surface area contributed by atoms with Crippen molar-refractivity contribution in [3.8, 4) is 11.6 Å². The molecule has 2 aromatic rings. The number of hydrogen-bond donors (Lipinski definition) is 0. The number of rotatable bonds is 4. The van der Waals surface area contributed by atoms with Crippen molar-refractivity contribution in [3.63, 3.8) is 0 Å². The number of fused-ring (bicyclic) bond motifs is 5. The van der Waals surface area contributed by atoms with Crippen molar-refractivity contribution in [1.29, 1.82) is 0 Å². The number of amides is 1. The summed E-state index contributed by atoms with van der Waals surface area (Å²) in [4.78, 5) is 50.5. The molecule has 2 bridgehead atoms. The summed E-state index contributed by atoms with van der Waals surface area (Å²) in [6, 6.07) is 7.28. The van der Waals surface area contributed by atoms with Crippen LogP contribution in [-0.4, -0.2) is 90.8 Å². The number of carbonyl (C=O) groups is 3. The van der Waals surface area contributed by atoms with Crippen LogP contribution in [0.25, 0.3) is 10.9 Å². The molecule has 2 aliphatic carbocycles. The highest BCUT2D eigenvalue weighted by atomic mass is 16.6. The van der Waals surface area contributed by atoms with Crippen LogP contribution in [0.5, 0.6) is 11.6 Å². The van der Waals surface area contributed by atoms with Gasteiger partial charge in [0.2, 0.25) is 11.8 Å². The molecule has 1 amide bonds. The van der Waals surface area contributed by atoms with Gasteiger partial charge in [-0.05, 0) is 81.9 Å². The van der Waals surface area contributed by atoms with E-state index in [1.165, 1.54) is 7.11 Å². The summed E-state index contributed by atoms with van der Waals surface area (Å²) < 4.78 is 25.0. The zero-order valence-corrected chi connectivity index (χ0v) is 30.2. The molecule has 272 valence electrons. The van der Waals surface area contributed by atoms with Crippen molar-refractivity contribution in [2.45, 2.75) is 128 Å². The Balaban J connectivity index is 1.25. The van der Waals surface area contributed by atoms with E-state index in [-0.39, 0.29) is 48.9 Å². The van der Waals surface area contributed by atoms with Gasteiger partial charge in [-0.15, -0.1) is 0 Å². The summed E-state index contributed by atoms with van der Waals surface area (Å²) in [7, 11) is 3.51. The molecular weight excluding hydrogens is 634 g/mol. The number of aromatic nitrogens is 1. The van der Waals surface area contributed by atoms with E-state index in [1.54, 1.807) is 4.90 Å². The van der Waals surface area contributed by atoms with E-state index in [0.717, 1.165) is 119 Å². The van der Waals surface area contributed by atoms with Crippen LogP contribution in [0, 0.1) is 17.3 Å². The van der Waals surface area contributed by atoms with Gasteiger partial charge in [-0.25, -0.2) is 9.78 Å². The minimum absolute atomic E-state index is 0.0303. The van der Waals surface area contributed by atoms with Gasteiger partial charge < -0.3 is 28.7 Å². The lowest BCUT2D eigenvalue weighted by atomic mass is 9.65. The molecule has 10 nitrogen and oxygen atoms in total. The second-order valence-electron chi connectivity index (χ2n) is 16.0. The van der Waals surface area contributed by atoms with Crippen molar-refractivity contribution in [3.05, 3.63) is 29.8 Å². The van der Waals surface area contributed by atoms with Gasteiger partial charge >= 0.3 is 11.9 Å². The third kappa shape index (κ3) is 7.60. The Bertz CT molecular complexity index is 1550. The molecule has 0 unspecified atom stereocenters. The minimum Gasteiger partial charge on any atom is -0.489 e. The Morgan fingerprint density at radius 3 is 2.50 bits per heavy atom. The number of likely N-dealkylation sites (tertiary alicyclic amines) is 1. The predicted molar refractivity (Wildman–Crippen MR) is 189 cm³/mol. The molecule has 2 saturated heterocycles. The molecule has 4 fully saturated rings. The number of piperidine rings is 1. The zero-order valence-electron chi connectivity index (χ0n) is 30.2. The fourth-order valence-electron chi connectivity index (χ4n) is 9.04. The van der Waals surface area contributed by atoms with Gasteiger partial charge in [-0.1, -0.05) is 51.2 Å². The van der Waals surface area contributed by atoms with Gasteiger partial charge in [0.05, 0.1) is 37.1 Å². The summed E-state index contributed by atoms with van der Waals surface area (Å²) in [6.07, 6.45) is 12.4. The smallest absolute Gasteiger partial charge is 0.328 e. The van der Waals surface area contributed by atoms with Gasteiger partial charge in [-0.2, -0.15) is 0 Å². The Morgan fingerprint density at radius 1 is 0.960 bits per heavy atom. The second kappa shape index (κ2) is 15.1. The first-order valence-corrected chi connectivity index (χ1v) is 19.2. The number of nitrogens with zero attached hydrogens (tertiary/aromatic N) is 3. The van der Waals surface area contributed by atoms with E-state index in [4.69, 9.17) is 23.9 Å². The number of methoxy groups -OCH3 is 1. The average molecular weight is 690 g/mol. The summed E-state index contributed by atoms with van der Waals surface area (Å²) in [6.45, 7) is 4.34. The first-order valence-electron chi connectivity index (χ1n) is 19.2. The highest BCUT2D eigenvalue weighted by molar-refractivity contribution is 5.90. The molecule has 2 saturated carbocycles. The molecule has 5 atom stereocenters. The minimum atomic E-state index is -0.808. The van der Waals surface area contributed by atoms with Crippen molar-refractivity contribution in [1.82, 2.24) is 14.8 Å². The van der Waals surface area contributed by atoms with Crippen LogP contribution >= 0.6 is 0 Å². The molecule has 1 aromatic carbocycles. The van der Waals surface area contributed by atoms with Gasteiger partial charge in [0.1, 0.15) is 30.1 Å². The van der Waals surface area contributed by atoms with E-state index < -0.39 is 24.0 Å². The van der Waals surface area contributed by atoms with E-state index in [2.05, 4.69) is 24.9 Å². The van der Waals surface area contributed by atoms with E-state index in [1.807, 2.05) is 18.2 Å². The Hall–Kier alpha value is -3.40. The van der Waals surface area contributed by atoms with Crippen molar-refractivity contribution in [2.75, 3.05) is 33.8 Å². The number of pyridine rings is 1. The summed E-state index contributed by atoms with van der Waals surface area (Å²) in [5.74, 6) is 0.226. The van der Waals surface area contributed by atoms with Crippen LogP contribution in [0.3, 0.4) is 0 Å². The lowest BCUT2D eigenvalue weighted by molar-refractivity contribution is -0.158. The highest BCUT2D eigenvalue weighted by Crippen LogP contribution is 2.47. The quantitative estimate of drug-likeness (QED) is 0.344. The number of carbonyl (C=O) groups excluding carboxylic acids is 3. The highest BCUT2D eigenvalue weighted by Gasteiger charge is 2.50. The number of esters is 2. The lowest BCUT2D eigenvalue weighted by Crippen LogP contribution is -2.49. The number of hydrogen-bond acceptors (Lipinski definition) is 9. The molecule has 3 aliphatic heterocycles. The lowest BCUT2D eigenvalue weighted by Gasteiger charge is -2.41. The first-order chi connectivity index (χ1) is 24.2. The number of ether oxygens (including phenoxy) is 4. The van der Waals surface area contributed by atoms with Crippen LogP contribution < -0.4 is 9.47 Å². The largest absolute Gasteiger partial charge is 0.489 e. The van der Waals surface area contributed by atoms with Gasteiger partial charge in [0.15, 0.2) is 0 Å². The molecule has 7 rings (SSSR count). The predicted octanol–water partition coefficient (Wildman–Crippen LogP) is 6.25.